The summed E-state index contributed by atoms with van der Waals surface area (Å²) < 4.78 is 6.41. The van der Waals surface area contributed by atoms with Gasteiger partial charge in [0, 0.05) is 28.3 Å². The summed E-state index contributed by atoms with van der Waals surface area (Å²) in [6, 6.07) is 15.1. The second-order valence-corrected chi connectivity index (χ2v) is 7.29. The Labute approximate surface area is 154 Å². The van der Waals surface area contributed by atoms with Crippen LogP contribution in [0.5, 0.6) is 0 Å². The third-order valence-corrected chi connectivity index (χ3v) is 4.97. The van der Waals surface area contributed by atoms with Crippen molar-refractivity contribution in [2.24, 2.45) is 0 Å². The first-order chi connectivity index (χ1) is 12.4. The summed E-state index contributed by atoms with van der Waals surface area (Å²) in [6.07, 6.45) is 1.88. The first-order valence-electron chi connectivity index (χ1n) is 8.98. The zero-order chi connectivity index (χ0) is 18.4. The first-order valence-corrected chi connectivity index (χ1v) is 8.98. The summed E-state index contributed by atoms with van der Waals surface area (Å²) in [4.78, 5) is 4.65. The van der Waals surface area contributed by atoms with E-state index in [9.17, 15) is 0 Å². The highest BCUT2D eigenvalue weighted by Gasteiger charge is 2.18. The molecule has 4 aromatic rings. The zero-order valence-corrected chi connectivity index (χ0v) is 16.0. The van der Waals surface area contributed by atoms with E-state index in [0.717, 1.165) is 33.6 Å². The monoisotopic (exact) mass is 341 g/mol. The molecule has 4 rings (SSSR count). The molecule has 0 atom stereocenters. The number of aryl methyl sites for hydroxylation is 5. The number of nitrogens with zero attached hydrogens (tertiary/aromatic N) is 1. The van der Waals surface area contributed by atoms with Crippen molar-refractivity contribution in [2.75, 3.05) is 0 Å². The molecule has 0 bridgehead atoms. The second kappa shape index (κ2) is 6.14. The molecule has 2 heterocycles. The lowest BCUT2D eigenvalue weighted by Gasteiger charge is -2.06. The van der Waals surface area contributed by atoms with Gasteiger partial charge in [-0.1, -0.05) is 41.0 Å². The van der Waals surface area contributed by atoms with Gasteiger partial charge in [0.1, 0.15) is 11.5 Å². The van der Waals surface area contributed by atoms with Crippen molar-refractivity contribution in [3.63, 3.8) is 0 Å². The van der Waals surface area contributed by atoms with E-state index >= 15 is 0 Å². The number of aromatic nitrogens is 1. The van der Waals surface area contributed by atoms with Crippen LogP contribution in [-0.2, 0) is 0 Å². The maximum absolute atomic E-state index is 6.41. The van der Waals surface area contributed by atoms with Gasteiger partial charge in [-0.2, -0.15) is 0 Å². The van der Waals surface area contributed by atoms with Gasteiger partial charge >= 0.3 is 0 Å². The van der Waals surface area contributed by atoms with Crippen molar-refractivity contribution in [2.45, 2.75) is 34.6 Å². The Morgan fingerprint density at radius 1 is 0.769 bits per heavy atom. The smallest absolute Gasteiger partial charge is 0.161 e. The fourth-order valence-corrected chi connectivity index (χ4v) is 3.79. The molecule has 2 aromatic carbocycles. The molecule has 2 heteroatoms. The van der Waals surface area contributed by atoms with E-state index in [2.05, 4.69) is 76.0 Å². The highest BCUT2D eigenvalue weighted by atomic mass is 16.3. The largest absolute Gasteiger partial charge is 0.453 e. The SMILES string of the molecule is Cc1cc(C)cc(-c2nccc3c(C)c(-c4ccc(C)cc4C)oc23)c1. The zero-order valence-electron chi connectivity index (χ0n) is 16.0. The fourth-order valence-electron chi connectivity index (χ4n) is 3.79. The number of furan rings is 1. The van der Waals surface area contributed by atoms with Crippen molar-refractivity contribution < 1.29 is 4.42 Å². The molecule has 0 spiro atoms. The summed E-state index contributed by atoms with van der Waals surface area (Å²) in [5.41, 5.74) is 10.2. The molecule has 0 unspecified atom stereocenters. The Morgan fingerprint density at radius 2 is 1.50 bits per heavy atom. The third-order valence-electron chi connectivity index (χ3n) is 4.97. The number of hydrogen-bond donors (Lipinski definition) is 0. The van der Waals surface area contributed by atoms with Crippen molar-refractivity contribution in [3.8, 4) is 22.6 Å². The van der Waals surface area contributed by atoms with Crippen LogP contribution in [0.15, 0.2) is 53.1 Å². The minimum absolute atomic E-state index is 0.866. The molecule has 130 valence electrons. The Kier molecular flexibility index (Phi) is 3.91. The van der Waals surface area contributed by atoms with Crippen LogP contribution < -0.4 is 0 Å². The molecule has 0 radical (unpaired) electrons. The number of pyridine rings is 1. The molecule has 0 N–H and O–H groups in total. The van der Waals surface area contributed by atoms with Crippen LogP contribution in [0.3, 0.4) is 0 Å². The average Bonchev–Trinajstić information content (AvgIpc) is 2.91. The topological polar surface area (TPSA) is 26.0 Å². The molecular formula is C24H23NO. The van der Waals surface area contributed by atoms with Crippen LogP contribution in [0.1, 0.15) is 27.8 Å². The maximum atomic E-state index is 6.41. The molecule has 0 saturated carbocycles. The first kappa shape index (κ1) is 16.6. The van der Waals surface area contributed by atoms with Crippen LogP contribution in [0.25, 0.3) is 33.6 Å². The number of rotatable bonds is 2. The van der Waals surface area contributed by atoms with Gasteiger partial charge in [0.15, 0.2) is 5.58 Å². The molecule has 0 aliphatic heterocycles. The number of fused-ring (bicyclic) bond motifs is 1. The van der Waals surface area contributed by atoms with Crippen LogP contribution in [-0.4, -0.2) is 4.98 Å². The van der Waals surface area contributed by atoms with Crippen molar-refractivity contribution in [1.82, 2.24) is 4.98 Å². The lowest BCUT2D eigenvalue weighted by molar-refractivity contribution is 0.628. The van der Waals surface area contributed by atoms with Crippen LogP contribution in [0.2, 0.25) is 0 Å². The van der Waals surface area contributed by atoms with E-state index in [0.29, 0.717) is 0 Å². The average molecular weight is 341 g/mol. The van der Waals surface area contributed by atoms with Crippen LogP contribution in [0.4, 0.5) is 0 Å². The maximum Gasteiger partial charge on any atom is 0.161 e. The van der Waals surface area contributed by atoms with E-state index in [1.807, 2.05) is 12.3 Å². The van der Waals surface area contributed by atoms with Gasteiger partial charge in [0.05, 0.1) is 0 Å². The molecule has 0 aliphatic rings. The van der Waals surface area contributed by atoms with Crippen molar-refractivity contribution >= 4 is 11.0 Å². The molecule has 2 aromatic heterocycles. The minimum atomic E-state index is 0.866. The normalized spacial score (nSPS) is 11.3. The van der Waals surface area contributed by atoms with Gasteiger partial charge in [-0.15, -0.1) is 0 Å². The van der Waals surface area contributed by atoms with Gasteiger partial charge in [-0.3, -0.25) is 4.98 Å². The highest BCUT2D eigenvalue weighted by molar-refractivity contribution is 5.96. The van der Waals surface area contributed by atoms with E-state index in [-0.39, 0.29) is 0 Å². The predicted molar refractivity (Wildman–Crippen MR) is 109 cm³/mol. The second-order valence-electron chi connectivity index (χ2n) is 7.29. The molecule has 0 fully saturated rings. The lowest BCUT2D eigenvalue weighted by Crippen LogP contribution is -1.87. The summed E-state index contributed by atoms with van der Waals surface area (Å²) in [5, 5.41) is 1.13. The van der Waals surface area contributed by atoms with E-state index in [4.69, 9.17) is 4.42 Å². The Bertz CT molecular complexity index is 1110. The van der Waals surface area contributed by atoms with Gasteiger partial charge in [0.2, 0.25) is 0 Å². The summed E-state index contributed by atoms with van der Waals surface area (Å²) in [5.74, 6) is 0.941. The molecule has 0 aliphatic carbocycles. The summed E-state index contributed by atoms with van der Waals surface area (Å²) in [6.45, 7) is 10.6. The van der Waals surface area contributed by atoms with E-state index in [1.165, 1.54) is 27.8 Å². The van der Waals surface area contributed by atoms with Gasteiger partial charge in [0.25, 0.3) is 0 Å². The highest BCUT2D eigenvalue weighted by Crippen LogP contribution is 2.38. The van der Waals surface area contributed by atoms with Gasteiger partial charge in [-0.25, -0.2) is 0 Å². The fraction of sp³-hybridized carbons (Fsp3) is 0.208. The molecule has 26 heavy (non-hydrogen) atoms. The van der Waals surface area contributed by atoms with Gasteiger partial charge < -0.3 is 4.42 Å². The minimum Gasteiger partial charge on any atom is -0.453 e. The Balaban J connectivity index is 1.98. The number of benzene rings is 2. The standard InChI is InChI=1S/C24H23NO/c1-14-6-7-20(17(4)11-14)23-18(5)21-8-9-25-22(24(21)26-23)19-12-15(2)10-16(3)13-19/h6-13H,1-5H3. The quantitative estimate of drug-likeness (QED) is 0.405. The van der Waals surface area contributed by atoms with Crippen LogP contribution in [0, 0.1) is 34.6 Å². The predicted octanol–water partition coefficient (Wildman–Crippen LogP) is 6.70. The van der Waals surface area contributed by atoms with Crippen molar-refractivity contribution in [1.29, 1.82) is 0 Å². The Hall–Kier alpha value is -2.87. The van der Waals surface area contributed by atoms with E-state index < -0.39 is 0 Å². The molecule has 0 saturated heterocycles. The summed E-state index contributed by atoms with van der Waals surface area (Å²) in [7, 11) is 0. The Morgan fingerprint density at radius 3 is 2.19 bits per heavy atom. The van der Waals surface area contributed by atoms with Crippen LogP contribution >= 0.6 is 0 Å². The number of hydrogen-bond acceptors (Lipinski definition) is 2. The van der Waals surface area contributed by atoms with Crippen molar-refractivity contribution in [3.05, 3.63) is 76.5 Å². The van der Waals surface area contributed by atoms with Gasteiger partial charge in [-0.05, 0) is 58.4 Å². The molecule has 2 nitrogen and oxygen atoms in total. The third kappa shape index (κ3) is 2.72. The molecule has 0 amide bonds. The van der Waals surface area contributed by atoms with E-state index in [1.54, 1.807) is 0 Å². The summed E-state index contributed by atoms with van der Waals surface area (Å²) >= 11 is 0. The molecular weight excluding hydrogens is 318 g/mol. The lowest BCUT2D eigenvalue weighted by atomic mass is 10.00.